The van der Waals surface area contributed by atoms with Crippen LogP contribution in [0.25, 0.3) is 5.69 Å². The van der Waals surface area contributed by atoms with Crippen molar-refractivity contribution in [3.63, 3.8) is 0 Å². The first-order valence-corrected chi connectivity index (χ1v) is 8.01. The number of benzene rings is 1. The van der Waals surface area contributed by atoms with E-state index in [2.05, 4.69) is 15.6 Å². The van der Waals surface area contributed by atoms with Crippen LogP contribution in [0.1, 0.15) is 36.5 Å². The molecule has 2 rings (SSSR count). The lowest BCUT2D eigenvalue weighted by Gasteiger charge is -2.20. The van der Waals surface area contributed by atoms with E-state index < -0.39 is 17.9 Å². The first-order chi connectivity index (χ1) is 11.3. The third-order valence-corrected chi connectivity index (χ3v) is 4.20. The number of carbonyl (C=O) groups is 2. The van der Waals surface area contributed by atoms with Gasteiger partial charge in [-0.2, -0.15) is 0 Å². The van der Waals surface area contributed by atoms with Gasteiger partial charge in [0.1, 0.15) is 6.04 Å². The monoisotopic (exact) mass is 349 g/mol. The minimum atomic E-state index is -0.752. The molecule has 2 aromatic rings. The standard InChI is InChI=1S/C16H20ClN5O2/c1-4-9(2)13(15(18)23)19-16(24)14-10(3)22(21-20-14)12-7-5-6-11(17)8-12/h5-9,13H,4H2,1-3H3,(H2,18,23)(H,19,24). The molecule has 0 spiro atoms. The van der Waals surface area contributed by atoms with Gasteiger partial charge in [0, 0.05) is 5.02 Å². The molecule has 1 aromatic carbocycles. The molecule has 0 saturated carbocycles. The second-order valence-corrected chi connectivity index (χ2v) is 6.09. The van der Waals surface area contributed by atoms with Gasteiger partial charge >= 0.3 is 0 Å². The number of primary amides is 1. The maximum Gasteiger partial charge on any atom is 0.274 e. The SMILES string of the molecule is CCC(C)C(NC(=O)c1nnn(-c2cccc(Cl)c2)c1C)C(N)=O. The summed E-state index contributed by atoms with van der Waals surface area (Å²) in [4.78, 5) is 24.0. The van der Waals surface area contributed by atoms with Crippen molar-refractivity contribution in [3.8, 4) is 5.69 Å². The summed E-state index contributed by atoms with van der Waals surface area (Å²) < 4.78 is 1.52. The van der Waals surface area contributed by atoms with Crippen molar-refractivity contribution < 1.29 is 9.59 Å². The van der Waals surface area contributed by atoms with E-state index in [1.54, 1.807) is 31.2 Å². The van der Waals surface area contributed by atoms with Crippen LogP contribution in [0, 0.1) is 12.8 Å². The van der Waals surface area contributed by atoms with Crippen LogP contribution >= 0.6 is 11.6 Å². The maximum atomic E-state index is 12.5. The highest BCUT2D eigenvalue weighted by Gasteiger charge is 2.26. The summed E-state index contributed by atoms with van der Waals surface area (Å²) in [6.45, 7) is 5.50. The molecule has 128 valence electrons. The molecule has 0 aliphatic heterocycles. The van der Waals surface area contributed by atoms with Gasteiger partial charge in [0.05, 0.1) is 11.4 Å². The molecule has 24 heavy (non-hydrogen) atoms. The number of rotatable bonds is 6. The third-order valence-electron chi connectivity index (χ3n) is 3.97. The van der Waals surface area contributed by atoms with E-state index in [9.17, 15) is 9.59 Å². The van der Waals surface area contributed by atoms with Gasteiger partial charge in [0.15, 0.2) is 5.69 Å². The minimum Gasteiger partial charge on any atom is -0.368 e. The highest BCUT2D eigenvalue weighted by atomic mass is 35.5. The third kappa shape index (κ3) is 3.73. The van der Waals surface area contributed by atoms with Crippen LogP contribution in [0.5, 0.6) is 0 Å². The van der Waals surface area contributed by atoms with Crippen LogP contribution < -0.4 is 11.1 Å². The van der Waals surface area contributed by atoms with Gasteiger partial charge in [0.25, 0.3) is 5.91 Å². The van der Waals surface area contributed by atoms with Crippen molar-refractivity contribution >= 4 is 23.4 Å². The summed E-state index contributed by atoms with van der Waals surface area (Å²) in [7, 11) is 0. The Hall–Kier alpha value is -2.41. The van der Waals surface area contributed by atoms with Crippen molar-refractivity contribution in [3.05, 3.63) is 40.7 Å². The van der Waals surface area contributed by atoms with Crippen molar-refractivity contribution in [2.45, 2.75) is 33.2 Å². The van der Waals surface area contributed by atoms with Crippen molar-refractivity contribution in [1.82, 2.24) is 20.3 Å². The zero-order chi connectivity index (χ0) is 17.9. The Labute approximate surface area is 145 Å². The fourth-order valence-electron chi connectivity index (χ4n) is 2.33. The number of hydrogen-bond acceptors (Lipinski definition) is 4. The molecule has 0 fully saturated rings. The smallest absolute Gasteiger partial charge is 0.274 e. The number of nitrogens with zero attached hydrogens (tertiary/aromatic N) is 3. The van der Waals surface area contributed by atoms with Crippen molar-refractivity contribution in [1.29, 1.82) is 0 Å². The zero-order valence-electron chi connectivity index (χ0n) is 13.8. The van der Waals surface area contributed by atoms with Gasteiger partial charge in [-0.05, 0) is 31.0 Å². The Morgan fingerprint density at radius 2 is 2.12 bits per heavy atom. The van der Waals surface area contributed by atoms with Crippen LogP contribution in [0.4, 0.5) is 0 Å². The Morgan fingerprint density at radius 1 is 1.42 bits per heavy atom. The Balaban J connectivity index is 2.27. The number of nitrogens with two attached hydrogens (primary N) is 1. The summed E-state index contributed by atoms with van der Waals surface area (Å²) in [5, 5.41) is 11.1. The number of aromatic nitrogens is 3. The first-order valence-electron chi connectivity index (χ1n) is 7.63. The first kappa shape index (κ1) is 17.9. The molecule has 8 heteroatoms. The summed E-state index contributed by atoms with van der Waals surface area (Å²) in [5.74, 6) is -1.13. The molecular formula is C16H20ClN5O2. The predicted octanol–water partition coefficient (Wildman–Crippen LogP) is 1.86. The highest BCUT2D eigenvalue weighted by molar-refractivity contribution is 6.30. The van der Waals surface area contributed by atoms with Crippen LogP contribution in [0.3, 0.4) is 0 Å². The van der Waals surface area contributed by atoms with Crippen molar-refractivity contribution in [2.75, 3.05) is 0 Å². The number of amides is 2. The predicted molar refractivity (Wildman–Crippen MR) is 91.0 cm³/mol. The Morgan fingerprint density at radius 3 is 2.71 bits per heavy atom. The van der Waals surface area contributed by atoms with E-state index in [4.69, 9.17) is 17.3 Å². The molecule has 7 nitrogen and oxygen atoms in total. The lowest BCUT2D eigenvalue weighted by Crippen LogP contribution is -2.48. The lowest BCUT2D eigenvalue weighted by atomic mass is 9.98. The number of nitrogens with one attached hydrogen (secondary N) is 1. The van der Waals surface area contributed by atoms with Gasteiger partial charge in [-0.25, -0.2) is 4.68 Å². The molecule has 0 radical (unpaired) electrons. The maximum absolute atomic E-state index is 12.5. The molecular weight excluding hydrogens is 330 g/mol. The van der Waals surface area contributed by atoms with Crippen LogP contribution in [0.15, 0.2) is 24.3 Å². The van der Waals surface area contributed by atoms with Crippen LogP contribution in [-0.4, -0.2) is 32.9 Å². The fraction of sp³-hybridized carbons (Fsp3) is 0.375. The molecule has 2 amide bonds. The van der Waals surface area contributed by atoms with Crippen molar-refractivity contribution in [2.24, 2.45) is 11.7 Å². The van der Waals surface area contributed by atoms with Crippen LogP contribution in [-0.2, 0) is 4.79 Å². The number of hydrogen-bond donors (Lipinski definition) is 2. The Bertz CT molecular complexity index is 759. The second-order valence-electron chi connectivity index (χ2n) is 5.65. The van der Waals surface area contributed by atoms with E-state index in [0.717, 1.165) is 0 Å². The van der Waals surface area contributed by atoms with E-state index in [1.807, 2.05) is 13.8 Å². The summed E-state index contributed by atoms with van der Waals surface area (Å²) in [6.07, 6.45) is 0.710. The van der Waals surface area contributed by atoms with Gasteiger partial charge in [-0.3, -0.25) is 9.59 Å². The van der Waals surface area contributed by atoms with Crippen LogP contribution in [0.2, 0.25) is 5.02 Å². The molecule has 2 unspecified atom stereocenters. The summed E-state index contributed by atoms with van der Waals surface area (Å²) >= 11 is 5.98. The van der Waals surface area contributed by atoms with Gasteiger partial charge < -0.3 is 11.1 Å². The summed E-state index contributed by atoms with van der Waals surface area (Å²) in [5.41, 5.74) is 6.76. The average Bonchev–Trinajstić information content (AvgIpc) is 2.93. The molecule has 2 atom stereocenters. The normalized spacial score (nSPS) is 13.3. The number of halogens is 1. The molecule has 1 heterocycles. The molecule has 0 aliphatic carbocycles. The quantitative estimate of drug-likeness (QED) is 0.830. The van der Waals surface area contributed by atoms with E-state index in [1.165, 1.54) is 4.68 Å². The van der Waals surface area contributed by atoms with E-state index in [-0.39, 0.29) is 11.6 Å². The molecule has 0 bridgehead atoms. The highest BCUT2D eigenvalue weighted by Crippen LogP contribution is 2.17. The molecule has 3 N–H and O–H groups in total. The van der Waals surface area contributed by atoms with Gasteiger partial charge in [-0.15, -0.1) is 5.10 Å². The molecule has 0 saturated heterocycles. The average molecular weight is 350 g/mol. The topological polar surface area (TPSA) is 103 Å². The number of carbonyl (C=O) groups excluding carboxylic acids is 2. The Kier molecular flexibility index (Phi) is 5.56. The van der Waals surface area contributed by atoms with Gasteiger partial charge in [0.2, 0.25) is 5.91 Å². The fourth-order valence-corrected chi connectivity index (χ4v) is 2.52. The van der Waals surface area contributed by atoms with E-state index in [0.29, 0.717) is 22.8 Å². The van der Waals surface area contributed by atoms with Gasteiger partial charge in [-0.1, -0.05) is 43.1 Å². The summed E-state index contributed by atoms with van der Waals surface area (Å²) in [6, 6.07) is 6.30. The lowest BCUT2D eigenvalue weighted by molar-refractivity contribution is -0.120. The second kappa shape index (κ2) is 7.44. The largest absolute Gasteiger partial charge is 0.368 e. The molecule has 0 aliphatic rings. The molecule has 1 aromatic heterocycles. The minimum absolute atomic E-state index is 0.0743. The van der Waals surface area contributed by atoms with E-state index >= 15 is 0 Å². The zero-order valence-corrected chi connectivity index (χ0v) is 14.5.